The Kier molecular flexibility index (Phi) is 3.87. The summed E-state index contributed by atoms with van der Waals surface area (Å²) in [5, 5.41) is 10.2. The van der Waals surface area contributed by atoms with Gasteiger partial charge >= 0.3 is 5.97 Å². The van der Waals surface area contributed by atoms with Crippen LogP contribution in [0.5, 0.6) is 0 Å². The van der Waals surface area contributed by atoms with Crippen LogP contribution in [0.4, 0.5) is 0 Å². The van der Waals surface area contributed by atoms with Gasteiger partial charge in [0.25, 0.3) is 5.91 Å². The zero-order chi connectivity index (χ0) is 15.9. The van der Waals surface area contributed by atoms with E-state index in [4.69, 9.17) is 16.3 Å². The average molecular weight is 324 g/mol. The lowest BCUT2D eigenvalue weighted by atomic mass is 9.76. The molecule has 6 heteroatoms. The molecule has 2 atom stereocenters. The van der Waals surface area contributed by atoms with Crippen molar-refractivity contribution < 1.29 is 19.4 Å². The van der Waals surface area contributed by atoms with Crippen LogP contribution in [0.1, 0.15) is 22.3 Å². The molecule has 2 saturated heterocycles. The van der Waals surface area contributed by atoms with Crippen molar-refractivity contribution in [2.45, 2.75) is 13.3 Å². The first-order valence-electron chi connectivity index (χ1n) is 7.30. The lowest BCUT2D eigenvalue weighted by molar-refractivity contribution is -0.159. The molecule has 1 N–H and O–H groups in total. The minimum Gasteiger partial charge on any atom is -0.481 e. The van der Waals surface area contributed by atoms with Gasteiger partial charge in [0.15, 0.2) is 0 Å². The first-order chi connectivity index (χ1) is 10.4. The van der Waals surface area contributed by atoms with E-state index in [1.807, 2.05) is 6.92 Å². The number of amides is 1. The van der Waals surface area contributed by atoms with Gasteiger partial charge in [-0.2, -0.15) is 0 Å². The summed E-state index contributed by atoms with van der Waals surface area (Å²) in [7, 11) is 0. The summed E-state index contributed by atoms with van der Waals surface area (Å²) in [5.74, 6) is -1.06. The lowest BCUT2D eigenvalue weighted by Gasteiger charge is -2.33. The molecular weight excluding hydrogens is 306 g/mol. The quantitative estimate of drug-likeness (QED) is 0.906. The molecule has 0 saturated carbocycles. The van der Waals surface area contributed by atoms with Gasteiger partial charge < -0.3 is 14.7 Å². The Bertz CT molecular complexity index is 633. The Hall–Kier alpha value is -1.59. The predicted octanol–water partition coefficient (Wildman–Crippen LogP) is 2.21. The number of hydrogen-bond donors (Lipinski definition) is 1. The van der Waals surface area contributed by atoms with Gasteiger partial charge in [0.1, 0.15) is 5.41 Å². The molecule has 5 nitrogen and oxygen atoms in total. The number of carboxylic acid groups (broad SMARTS) is 1. The van der Waals surface area contributed by atoms with E-state index >= 15 is 0 Å². The van der Waals surface area contributed by atoms with Gasteiger partial charge in [-0.05, 0) is 43.0 Å². The number of hydrogen-bond acceptors (Lipinski definition) is 3. The molecule has 3 rings (SSSR count). The minimum absolute atomic E-state index is 0.0453. The Balaban J connectivity index is 1.85. The third kappa shape index (κ3) is 2.38. The number of fused-ring (bicyclic) bond motifs is 1. The summed E-state index contributed by atoms with van der Waals surface area (Å²) in [4.78, 5) is 26.0. The van der Waals surface area contributed by atoms with Crippen molar-refractivity contribution in [2.24, 2.45) is 11.3 Å². The molecule has 0 aliphatic carbocycles. The van der Waals surface area contributed by atoms with Crippen LogP contribution in [0.2, 0.25) is 5.02 Å². The van der Waals surface area contributed by atoms with Gasteiger partial charge in [0.05, 0.1) is 6.61 Å². The van der Waals surface area contributed by atoms with Crippen LogP contribution >= 0.6 is 11.6 Å². The number of ether oxygens (including phenoxy) is 1. The third-order valence-corrected chi connectivity index (χ3v) is 5.21. The number of aliphatic carboxylic acids is 1. The van der Waals surface area contributed by atoms with Gasteiger partial charge in [-0.1, -0.05) is 11.6 Å². The molecule has 0 spiro atoms. The van der Waals surface area contributed by atoms with Crippen LogP contribution < -0.4 is 0 Å². The summed E-state index contributed by atoms with van der Waals surface area (Å²) in [6, 6.07) is 5.13. The fourth-order valence-corrected chi connectivity index (χ4v) is 3.52. The largest absolute Gasteiger partial charge is 0.481 e. The molecule has 0 radical (unpaired) electrons. The van der Waals surface area contributed by atoms with E-state index in [0.717, 1.165) is 5.56 Å². The summed E-state index contributed by atoms with van der Waals surface area (Å²) in [6.07, 6.45) is 0.676. The van der Waals surface area contributed by atoms with E-state index in [1.165, 1.54) is 0 Å². The molecule has 2 heterocycles. The van der Waals surface area contributed by atoms with E-state index < -0.39 is 11.4 Å². The van der Waals surface area contributed by atoms with E-state index in [-0.39, 0.29) is 25.0 Å². The van der Waals surface area contributed by atoms with Gasteiger partial charge in [-0.3, -0.25) is 9.59 Å². The van der Waals surface area contributed by atoms with Crippen LogP contribution in [-0.2, 0) is 9.53 Å². The first-order valence-corrected chi connectivity index (χ1v) is 7.68. The Morgan fingerprint density at radius 3 is 2.86 bits per heavy atom. The minimum atomic E-state index is -0.963. The fraction of sp³-hybridized carbons (Fsp3) is 0.500. The second kappa shape index (κ2) is 5.56. The summed E-state index contributed by atoms with van der Waals surface area (Å²) < 4.78 is 5.38. The standard InChI is InChI=1S/C16H18ClNO4/c1-10-6-11(2-3-13(10)17)14(19)18-7-12-4-5-22-9-16(12,8-18)15(20)21/h2-3,6,12H,4-5,7-9H2,1H3,(H,20,21)/t12-,16+/m0/s1. The molecule has 0 aromatic heterocycles. The highest BCUT2D eigenvalue weighted by molar-refractivity contribution is 6.31. The number of aryl methyl sites for hydroxylation is 1. The van der Waals surface area contributed by atoms with Crippen LogP contribution in [0, 0.1) is 18.3 Å². The first kappa shape index (κ1) is 15.3. The van der Waals surface area contributed by atoms with Crippen LogP contribution in [0.3, 0.4) is 0 Å². The third-order valence-electron chi connectivity index (χ3n) is 4.78. The van der Waals surface area contributed by atoms with Crippen LogP contribution in [-0.4, -0.2) is 48.2 Å². The van der Waals surface area contributed by atoms with E-state index in [9.17, 15) is 14.7 Å². The molecule has 118 valence electrons. The van der Waals surface area contributed by atoms with Gasteiger partial charge in [0.2, 0.25) is 0 Å². The van der Waals surface area contributed by atoms with E-state index in [2.05, 4.69) is 0 Å². The highest BCUT2D eigenvalue weighted by atomic mass is 35.5. The van der Waals surface area contributed by atoms with Crippen molar-refractivity contribution in [1.29, 1.82) is 0 Å². The number of benzene rings is 1. The maximum atomic E-state index is 12.7. The normalized spacial score (nSPS) is 27.5. The van der Waals surface area contributed by atoms with Crippen molar-refractivity contribution in [3.63, 3.8) is 0 Å². The molecular formula is C16H18ClNO4. The summed E-state index contributed by atoms with van der Waals surface area (Å²) in [6.45, 7) is 3.25. The highest BCUT2D eigenvalue weighted by Gasteiger charge is 2.55. The highest BCUT2D eigenvalue weighted by Crippen LogP contribution is 2.42. The van der Waals surface area contributed by atoms with Crippen molar-refractivity contribution in [2.75, 3.05) is 26.3 Å². The van der Waals surface area contributed by atoms with Gasteiger partial charge in [-0.15, -0.1) is 0 Å². The number of carbonyl (C=O) groups excluding carboxylic acids is 1. The maximum absolute atomic E-state index is 12.7. The molecule has 1 aromatic carbocycles. The van der Waals surface area contributed by atoms with E-state index in [0.29, 0.717) is 30.2 Å². The van der Waals surface area contributed by atoms with Crippen molar-refractivity contribution in [1.82, 2.24) is 4.90 Å². The summed E-state index contributed by atoms with van der Waals surface area (Å²) >= 11 is 5.99. The zero-order valence-corrected chi connectivity index (χ0v) is 13.1. The Morgan fingerprint density at radius 2 is 2.23 bits per heavy atom. The lowest BCUT2D eigenvalue weighted by Crippen LogP contribution is -2.46. The van der Waals surface area contributed by atoms with Gasteiger partial charge in [0, 0.05) is 30.3 Å². The number of nitrogens with zero attached hydrogens (tertiary/aromatic N) is 1. The molecule has 2 fully saturated rings. The number of carboxylic acids is 1. The smallest absolute Gasteiger partial charge is 0.314 e. The molecule has 1 amide bonds. The molecule has 1 aromatic rings. The second-order valence-corrected chi connectivity index (χ2v) is 6.56. The van der Waals surface area contributed by atoms with Gasteiger partial charge in [-0.25, -0.2) is 0 Å². The zero-order valence-electron chi connectivity index (χ0n) is 12.3. The fourth-order valence-electron chi connectivity index (χ4n) is 3.40. The van der Waals surface area contributed by atoms with Crippen LogP contribution in [0.25, 0.3) is 0 Å². The SMILES string of the molecule is Cc1cc(C(=O)N2C[C@@H]3CCOC[C@]3(C(=O)O)C2)ccc1Cl. The average Bonchev–Trinajstić information content (AvgIpc) is 2.90. The Morgan fingerprint density at radius 1 is 1.45 bits per heavy atom. The molecule has 2 aliphatic rings. The molecule has 22 heavy (non-hydrogen) atoms. The molecule has 2 aliphatic heterocycles. The predicted molar refractivity (Wildman–Crippen MR) is 81.1 cm³/mol. The second-order valence-electron chi connectivity index (χ2n) is 6.15. The molecule has 0 unspecified atom stereocenters. The summed E-state index contributed by atoms with van der Waals surface area (Å²) in [5.41, 5.74) is 0.414. The van der Waals surface area contributed by atoms with Crippen molar-refractivity contribution >= 4 is 23.5 Å². The number of rotatable bonds is 2. The number of likely N-dealkylation sites (tertiary alicyclic amines) is 1. The van der Waals surface area contributed by atoms with Crippen LogP contribution in [0.15, 0.2) is 18.2 Å². The van der Waals surface area contributed by atoms with Crippen molar-refractivity contribution in [3.8, 4) is 0 Å². The topological polar surface area (TPSA) is 66.8 Å². The number of halogens is 1. The number of carbonyl (C=O) groups is 2. The monoisotopic (exact) mass is 323 g/mol. The Labute approximate surface area is 133 Å². The van der Waals surface area contributed by atoms with E-state index in [1.54, 1.807) is 23.1 Å². The maximum Gasteiger partial charge on any atom is 0.314 e. The van der Waals surface area contributed by atoms with Crippen molar-refractivity contribution in [3.05, 3.63) is 34.3 Å². The molecule has 0 bridgehead atoms.